The molecule has 3 aromatic rings. The van der Waals surface area contributed by atoms with Crippen molar-refractivity contribution in [1.29, 1.82) is 0 Å². The van der Waals surface area contributed by atoms with Crippen LogP contribution in [0.4, 0.5) is 4.79 Å². The van der Waals surface area contributed by atoms with E-state index >= 15 is 0 Å². The van der Waals surface area contributed by atoms with Gasteiger partial charge < -0.3 is 15.8 Å². The normalized spacial score (nSPS) is 11.2. The molecule has 0 fully saturated rings. The third-order valence-electron chi connectivity index (χ3n) is 4.65. The first-order valence-electron chi connectivity index (χ1n) is 10.1. The van der Waals surface area contributed by atoms with E-state index in [1.165, 1.54) is 0 Å². The zero-order valence-corrected chi connectivity index (χ0v) is 18.3. The van der Waals surface area contributed by atoms with Crippen LogP contribution in [0, 0.1) is 0 Å². The minimum Gasteiger partial charge on any atom is -0.484 e. The number of primary amides is 1. The molecule has 4 amide bonds. The average Bonchev–Trinajstić information content (AvgIpc) is 2.82. The second-order valence-corrected chi connectivity index (χ2v) is 7.53. The van der Waals surface area contributed by atoms with Gasteiger partial charge >= 0.3 is 6.03 Å². The van der Waals surface area contributed by atoms with Crippen LogP contribution in [-0.2, 0) is 9.59 Å². The number of hydrogen-bond donors (Lipinski definition) is 4. The number of halogens is 1. The molecular weight excluding hydrogens is 444 g/mol. The number of nitrogens with two attached hydrogens (primary N) is 1. The highest BCUT2D eigenvalue weighted by molar-refractivity contribution is 6.30. The topological polar surface area (TPSA) is 123 Å². The summed E-state index contributed by atoms with van der Waals surface area (Å²) < 4.78 is 5.46. The quantitative estimate of drug-likeness (QED) is 0.380. The van der Waals surface area contributed by atoms with Gasteiger partial charge in [-0.2, -0.15) is 0 Å². The lowest BCUT2D eigenvalue weighted by molar-refractivity contribution is -0.130. The molecule has 0 heterocycles. The Kier molecular flexibility index (Phi) is 8.26. The summed E-state index contributed by atoms with van der Waals surface area (Å²) in [6.45, 7) is -0.287. The molecular formula is C24H23ClN4O4. The number of ether oxygens (including phenoxy) is 1. The van der Waals surface area contributed by atoms with Crippen molar-refractivity contribution in [2.45, 2.75) is 12.5 Å². The molecule has 0 saturated heterocycles. The molecule has 0 saturated carbocycles. The number of carbonyl (C=O) groups is 3. The largest absolute Gasteiger partial charge is 0.484 e. The smallest absolute Gasteiger partial charge is 0.312 e. The monoisotopic (exact) mass is 466 g/mol. The SMILES string of the molecule is NC(=O)N[C@@H](CC(=O)NNC(=O)COc1ccc(-c2ccccc2)cc1)c1ccc(Cl)cc1. The van der Waals surface area contributed by atoms with Gasteiger partial charge in [-0.3, -0.25) is 20.4 Å². The number of rotatable bonds is 8. The summed E-state index contributed by atoms with van der Waals surface area (Å²) in [5.41, 5.74) is 12.5. The van der Waals surface area contributed by atoms with Crippen molar-refractivity contribution in [3.63, 3.8) is 0 Å². The van der Waals surface area contributed by atoms with Gasteiger partial charge in [0.2, 0.25) is 5.91 Å². The van der Waals surface area contributed by atoms with Crippen LogP contribution in [0.15, 0.2) is 78.9 Å². The molecule has 170 valence electrons. The Labute approximate surface area is 196 Å². The molecule has 0 bridgehead atoms. The van der Waals surface area contributed by atoms with E-state index in [-0.39, 0.29) is 13.0 Å². The first kappa shape index (κ1) is 23.6. The number of hydrazine groups is 1. The van der Waals surface area contributed by atoms with Gasteiger partial charge in [0, 0.05) is 5.02 Å². The third-order valence-corrected chi connectivity index (χ3v) is 4.90. The first-order valence-corrected chi connectivity index (χ1v) is 10.5. The molecule has 0 radical (unpaired) electrons. The third kappa shape index (κ3) is 7.55. The second kappa shape index (κ2) is 11.5. The molecule has 33 heavy (non-hydrogen) atoms. The van der Waals surface area contributed by atoms with Gasteiger partial charge in [-0.1, -0.05) is 66.2 Å². The molecule has 0 aliphatic heterocycles. The molecule has 5 N–H and O–H groups in total. The highest BCUT2D eigenvalue weighted by Gasteiger charge is 2.18. The standard InChI is InChI=1S/C24H23ClN4O4/c25-19-10-6-18(7-11-19)21(27-24(26)32)14-22(30)28-29-23(31)15-33-20-12-8-17(9-13-20)16-4-2-1-3-5-16/h1-13,21H,14-15H2,(H,28,30)(H,29,31)(H3,26,27,32)/t21-/m0/s1. The summed E-state index contributed by atoms with van der Waals surface area (Å²) in [6.07, 6.45) is -0.146. The molecule has 0 unspecified atom stereocenters. The number of urea groups is 1. The molecule has 0 aliphatic carbocycles. The number of carbonyl (C=O) groups excluding carboxylic acids is 3. The van der Waals surface area contributed by atoms with Gasteiger partial charge in [-0.25, -0.2) is 4.79 Å². The van der Waals surface area contributed by atoms with Gasteiger partial charge in [0.1, 0.15) is 5.75 Å². The predicted molar refractivity (Wildman–Crippen MR) is 125 cm³/mol. The summed E-state index contributed by atoms with van der Waals surface area (Å²) in [5.74, 6) is -0.546. The van der Waals surface area contributed by atoms with Crippen LogP contribution in [0.25, 0.3) is 11.1 Å². The van der Waals surface area contributed by atoms with Crippen molar-refractivity contribution in [2.75, 3.05) is 6.61 Å². The van der Waals surface area contributed by atoms with E-state index in [1.54, 1.807) is 36.4 Å². The summed E-state index contributed by atoms with van der Waals surface area (Å²) in [5, 5.41) is 3.01. The van der Waals surface area contributed by atoms with Crippen molar-refractivity contribution in [3.8, 4) is 16.9 Å². The molecule has 9 heteroatoms. The zero-order chi connectivity index (χ0) is 23.6. The highest BCUT2D eigenvalue weighted by Crippen LogP contribution is 2.22. The van der Waals surface area contributed by atoms with Gasteiger partial charge in [-0.15, -0.1) is 0 Å². The number of benzene rings is 3. The van der Waals surface area contributed by atoms with Crippen LogP contribution in [0.3, 0.4) is 0 Å². The van der Waals surface area contributed by atoms with Crippen LogP contribution < -0.4 is 26.6 Å². The van der Waals surface area contributed by atoms with Crippen LogP contribution >= 0.6 is 11.6 Å². The molecule has 0 aromatic heterocycles. The van der Waals surface area contributed by atoms with E-state index in [2.05, 4.69) is 16.2 Å². The van der Waals surface area contributed by atoms with Crippen molar-refractivity contribution in [3.05, 3.63) is 89.4 Å². The van der Waals surface area contributed by atoms with E-state index < -0.39 is 23.9 Å². The Balaban J connectivity index is 1.46. The Morgan fingerprint density at radius 2 is 1.42 bits per heavy atom. The Morgan fingerprint density at radius 3 is 2.06 bits per heavy atom. The van der Waals surface area contributed by atoms with E-state index in [1.807, 2.05) is 42.5 Å². The number of hydrogen-bond acceptors (Lipinski definition) is 4. The lowest BCUT2D eigenvalue weighted by atomic mass is 10.0. The summed E-state index contributed by atoms with van der Waals surface area (Å²) >= 11 is 5.87. The lowest BCUT2D eigenvalue weighted by Crippen LogP contribution is -2.45. The van der Waals surface area contributed by atoms with E-state index in [4.69, 9.17) is 22.1 Å². The Bertz CT molecular complexity index is 1090. The van der Waals surface area contributed by atoms with Crippen LogP contribution in [-0.4, -0.2) is 24.5 Å². The molecule has 8 nitrogen and oxygen atoms in total. The lowest BCUT2D eigenvalue weighted by Gasteiger charge is -2.18. The van der Waals surface area contributed by atoms with E-state index in [9.17, 15) is 14.4 Å². The highest BCUT2D eigenvalue weighted by atomic mass is 35.5. The van der Waals surface area contributed by atoms with Crippen LogP contribution in [0.2, 0.25) is 5.02 Å². The van der Waals surface area contributed by atoms with Crippen molar-refractivity contribution >= 4 is 29.4 Å². The van der Waals surface area contributed by atoms with Crippen LogP contribution in [0.1, 0.15) is 18.0 Å². The fourth-order valence-corrected chi connectivity index (χ4v) is 3.18. The average molecular weight is 467 g/mol. The van der Waals surface area contributed by atoms with Crippen molar-refractivity contribution < 1.29 is 19.1 Å². The summed E-state index contributed by atoms with van der Waals surface area (Å²) in [7, 11) is 0. The number of amides is 4. The molecule has 1 atom stereocenters. The van der Waals surface area contributed by atoms with Gasteiger partial charge in [-0.05, 0) is 41.0 Å². The van der Waals surface area contributed by atoms with Gasteiger partial charge in [0.05, 0.1) is 12.5 Å². The van der Waals surface area contributed by atoms with E-state index in [0.29, 0.717) is 16.3 Å². The molecule has 0 spiro atoms. The van der Waals surface area contributed by atoms with Crippen molar-refractivity contribution in [1.82, 2.24) is 16.2 Å². The maximum absolute atomic E-state index is 12.2. The molecule has 3 rings (SSSR count). The maximum atomic E-state index is 12.2. The predicted octanol–water partition coefficient (Wildman–Crippen LogP) is 3.33. The summed E-state index contributed by atoms with van der Waals surface area (Å²) in [6, 6.07) is 22.3. The van der Waals surface area contributed by atoms with Crippen molar-refractivity contribution in [2.24, 2.45) is 5.73 Å². The molecule has 3 aromatic carbocycles. The molecule has 0 aliphatic rings. The van der Waals surface area contributed by atoms with Gasteiger partial charge in [0.25, 0.3) is 5.91 Å². The van der Waals surface area contributed by atoms with Crippen LogP contribution in [0.5, 0.6) is 5.75 Å². The Hall–Kier alpha value is -4.04. The van der Waals surface area contributed by atoms with E-state index in [0.717, 1.165) is 11.1 Å². The minimum absolute atomic E-state index is 0.146. The summed E-state index contributed by atoms with van der Waals surface area (Å²) in [4.78, 5) is 35.6. The minimum atomic E-state index is -0.779. The second-order valence-electron chi connectivity index (χ2n) is 7.09. The van der Waals surface area contributed by atoms with Gasteiger partial charge in [0.15, 0.2) is 6.61 Å². The first-order chi connectivity index (χ1) is 15.9. The fraction of sp³-hybridized carbons (Fsp3) is 0.125. The maximum Gasteiger partial charge on any atom is 0.312 e. The zero-order valence-electron chi connectivity index (χ0n) is 17.6. The number of nitrogens with one attached hydrogen (secondary N) is 3. The fourth-order valence-electron chi connectivity index (χ4n) is 3.05. The Morgan fingerprint density at radius 1 is 0.818 bits per heavy atom.